The van der Waals surface area contributed by atoms with Gasteiger partial charge in [0.2, 0.25) is 0 Å². The van der Waals surface area contributed by atoms with E-state index >= 15 is 0 Å². The van der Waals surface area contributed by atoms with Crippen LogP contribution in [-0.4, -0.2) is 0 Å². The molecule has 0 nitrogen and oxygen atoms in total. The van der Waals surface area contributed by atoms with Crippen LogP contribution in [0.2, 0.25) is 0 Å². The van der Waals surface area contributed by atoms with Gasteiger partial charge in [-0.1, -0.05) is 73.5 Å². The molecule has 0 amide bonds. The van der Waals surface area contributed by atoms with Gasteiger partial charge in [0, 0.05) is 0 Å². The minimum absolute atomic E-state index is 1.14. The van der Waals surface area contributed by atoms with Crippen molar-refractivity contribution in [2.24, 2.45) is 0 Å². The van der Waals surface area contributed by atoms with Crippen LogP contribution in [0.15, 0.2) is 48.5 Å². The van der Waals surface area contributed by atoms with E-state index in [9.17, 15) is 0 Å². The van der Waals surface area contributed by atoms with Crippen molar-refractivity contribution in [1.29, 1.82) is 0 Å². The van der Waals surface area contributed by atoms with E-state index < -0.39 is 0 Å². The first-order valence-electron chi connectivity index (χ1n) is 6.76. The van der Waals surface area contributed by atoms with Crippen molar-refractivity contribution in [3.8, 4) is 0 Å². The molecular formula is C18H24. The third-order valence-corrected chi connectivity index (χ3v) is 2.94. The summed E-state index contributed by atoms with van der Waals surface area (Å²) < 4.78 is 0. The fourth-order valence-electron chi connectivity index (χ4n) is 1.99. The molecule has 0 unspecified atom stereocenters. The second-order valence-corrected chi connectivity index (χ2v) is 4.69. The van der Waals surface area contributed by atoms with E-state index in [0.717, 1.165) is 12.8 Å². The molecule has 0 bridgehead atoms. The second-order valence-electron chi connectivity index (χ2n) is 4.69. The van der Waals surface area contributed by atoms with Gasteiger partial charge < -0.3 is 0 Å². The van der Waals surface area contributed by atoms with Crippen LogP contribution in [0.25, 0.3) is 0 Å². The molecule has 2 rings (SSSR count). The zero-order valence-electron chi connectivity index (χ0n) is 12.0. The summed E-state index contributed by atoms with van der Waals surface area (Å²) >= 11 is 0. The Balaban J connectivity index is 0.000000184. The van der Waals surface area contributed by atoms with E-state index in [1.807, 2.05) is 6.07 Å². The average Bonchev–Trinajstić information content (AvgIpc) is 2.39. The van der Waals surface area contributed by atoms with Gasteiger partial charge in [-0.3, -0.25) is 0 Å². The maximum Gasteiger partial charge on any atom is -0.0307 e. The zero-order chi connectivity index (χ0) is 13.4. The van der Waals surface area contributed by atoms with E-state index in [-0.39, 0.29) is 0 Å². The van der Waals surface area contributed by atoms with Crippen molar-refractivity contribution in [3.05, 3.63) is 70.8 Å². The van der Waals surface area contributed by atoms with E-state index in [1.54, 1.807) is 0 Å². The van der Waals surface area contributed by atoms with Crippen molar-refractivity contribution in [2.45, 2.75) is 40.5 Å². The number of benzene rings is 2. The average molecular weight is 240 g/mol. The van der Waals surface area contributed by atoms with Crippen molar-refractivity contribution in [1.82, 2.24) is 0 Å². The van der Waals surface area contributed by atoms with Gasteiger partial charge in [-0.25, -0.2) is 0 Å². The first-order valence-corrected chi connectivity index (χ1v) is 6.76. The van der Waals surface area contributed by atoms with Gasteiger partial charge in [0.15, 0.2) is 0 Å². The monoisotopic (exact) mass is 240 g/mol. The van der Waals surface area contributed by atoms with Gasteiger partial charge in [0.1, 0.15) is 0 Å². The first-order chi connectivity index (χ1) is 8.65. The lowest BCUT2D eigenvalue weighted by atomic mass is 10.1. The Kier molecular flexibility index (Phi) is 6.21. The summed E-state index contributed by atoms with van der Waals surface area (Å²) in [5, 5.41) is 0. The predicted molar refractivity (Wildman–Crippen MR) is 81.1 cm³/mol. The summed E-state index contributed by atoms with van der Waals surface area (Å²) in [6.45, 7) is 8.64. The van der Waals surface area contributed by atoms with E-state index in [1.165, 1.54) is 22.3 Å². The van der Waals surface area contributed by atoms with Gasteiger partial charge in [-0.2, -0.15) is 0 Å². The summed E-state index contributed by atoms with van der Waals surface area (Å²) in [5.74, 6) is 0. The molecule has 18 heavy (non-hydrogen) atoms. The Bertz CT molecular complexity index is 434. The lowest BCUT2D eigenvalue weighted by Gasteiger charge is -2.00. The number of aryl methyl sites for hydroxylation is 4. The van der Waals surface area contributed by atoms with Crippen molar-refractivity contribution >= 4 is 0 Å². The van der Waals surface area contributed by atoms with Crippen LogP contribution in [0, 0.1) is 13.8 Å². The third kappa shape index (κ3) is 5.18. The van der Waals surface area contributed by atoms with Crippen molar-refractivity contribution in [3.63, 3.8) is 0 Å². The molecule has 0 saturated carbocycles. The molecule has 2 aromatic rings. The normalized spacial score (nSPS) is 9.56. The molecule has 96 valence electrons. The summed E-state index contributed by atoms with van der Waals surface area (Å²) in [5.41, 5.74) is 5.60. The standard InChI is InChI=1S/C10H14.C8H10/c1-4-10-6-8(2)5-9(3)7-10;1-2-8-6-4-3-5-7-8/h5-7H,4H2,1-3H3;3-7H,2H2,1H3. The maximum atomic E-state index is 2.24. The lowest BCUT2D eigenvalue weighted by Crippen LogP contribution is -1.83. The molecule has 0 aliphatic rings. The number of rotatable bonds is 2. The highest BCUT2D eigenvalue weighted by Gasteiger charge is 1.91. The van der Waals surface area contributed by atoms with Crippen LogP contribution in [-0.2, 0) is 12.8 Å². The molecule has 0 heterocycles. The molecular weight excluding hydrogens is 216 g/mol. The predicted octanol–water partition coefficient (Wildman–Crippen LogP) is 5.11. The molecule has 0 heteroatoms. The highest BCUT2D eigenvalue weighted by Crippen LogP contribution is 2.08. The molecule has 0 atom stereocenters. The molecule has 0 N–H and O–H groups in total. The van der Waals surface area contributed by atoms with Crippen LogP contribution in [0.5, 0.6) is 0 Å². The lowest BCUT2D eigenvalue weighted by molar-refractivity contribution is 1.12. The van der Waals surface area contributed by atoms with Gasteiger partial charge >= 0.3 is 0 Å². The van der Waals surface area contributed by atoms with Crippen molar-refractivity contribution < 1.29 is 0 Å². The van der Waals surface area contributed by atoms with E-state index in [0.29, 0.717) is 0 Å². The maximum absolute atomic E-state index is 2.24. The highest BCUT2D eigenvalue weighted by molar-refractivity contribution is 5.28. The Morgan fingerprint density at radius 3 is 1.56 bits per heavy atom. The van der Waals surface area contributed by atoms with Crippen LogP contribution < -0.4 is 0 Å². The second kappa shape index (κ2) is 7.71. The topological polar surface area (TPSA) is 0 Å². The summed E-state index contributed by atoms with van der Waals surface area (Å²) in [6.07, 6.45) is 2.28. The molecule has 0 spiro atoms. The summed E-state index contributed by atoms with van der Waals surface area (Å²) in [4.78, 5) is 0. The van der Waals surface area contributed by atoms with E-state index in [2.05, 4.69) is 70.2 Å². The molecule has 2 aromatic carbocycles. The Morgan fingerprint density at radius 1 is 0.667 bits per heavy atom. The highest BCUT2D eigenvalue weighted by atomic mass is 14.0. The molecule has 0 aliphatic heterocycles. The first kappa shape index (κ1) is 14.5. The third-order valence-electron chi connectivity index (χ3n) is 2.94. The SMILES string of the molecule is CCc1cc(C)cc(C)c1.CCc1ccccc1. The largest absolute Gasteiger partial charge is 0.0622 e. The summed E-state index contributed by atoms with van der Waals surface area (Å²) in [7, 11) is 0. The van der Waals surface area contributed by atoms with Gasteiger partial charge in [0.05, 0.1) is 0 Å². The van der Waals surface area contributed by atoms with Gasteiger partial charge in [-0.15, -0.1) is 0 Å². The van der Waals surface area contributed by atoms with Gasteiger partial charge in [-0.05, 0) is 37.8 Å². The smallest absolute Gasteiger partial charge is 0.0307 e. The zero-order valence-corrected chi connectivity index (χ0v) is 12.0. The summed E-state index contributed by atoms with van der Waals surface area (Å²) in [6, 6.07) is 17.1. The molecule has 0 aromatic heterocycles. The van der Waals surface area contributed by atoms with Gasteiger partial charge in [0.25, 0.3) is 0 Å². The molecule has 0 aliphatic carbocycles. The minimum atomic E-state index is 1.14. The number of hydrogen-bond donors (Lipinski definition) is 0. The Hall–Kier alpha value is -1.56. The van der Waals surface area contributed by atoms with Crippen molar-refractivity contribution in [2.75, 3.05) is 0 Å². The molecule has 0 fully saturated rings. The molecule has 0 saturated heterocycles. The quantitative estimate of drug-likeness (QED) is 0.684. The van der Waals surface area contributed by atoms with Crippen LogP contribution in [0.3, 0.4) is 0 Å². The van der Waals surface area contributed by atoms with Crippen LogP contribution >= 0.6 is 0 Å². The molecule has 0 radical (unpaired) electrons. The number of hydrogen-bond acceptors (Lipinski definition) is 0. The van der Waals surface area contributed by atoms with Crippen LogP contribution in [0.4, 0.5) is 0 Å². The minimum Gasteiger partial charge on any atom is -0.0622 e. The Labute approximate surface area is 112 Å². The van der Waals surface area contributed by atoms with Crippen LogP contribution in [0.1, 0.15) is 36.1 Å². The fraction of sp³-hybridized carbons (Fsp3) is 0.333. The Morgan fingerprint density at radius 2 is 1.17 bits per heavy atom. The fourth-order valence-corrected chi connectivity index (χ4v) is 1.99. The van der Waals surface area contributed by atoms with E-state index in [4.69, 9.17) is 0 Å².